The summed E-state index contributed by atoms with van der Waals surface area (Å²) in [6.07, 6.45) is 7.37. The Bertz CT molecular complexity index is 394. The number of benzene rings is 1. The maximum absolute atomic E-state index is 13.7. The van der Waals surface area contributed by atoms with E-state index in [2.05, 4.69) is 5.32 Å². The smallest absolute Gasteiger partial charge is 0.126 e. The topological polar surface area (TPSA) is 12.0 Å². The molecule has 0 heterocycles. The summed E-state index contributed by atoms with van der Waals surface area (Å²) in [6.45, 7) is 1.08. The summed E-state index contributed by atoms with van der Waals surface area (Å²) < 4.78 is 13.7. The molecule has 0 atom stereocenters. The summed E-state index contributed by atoms with van der Waals surface area (Å²) in [6, 6.07) is 7.99. The molecular weight excluding hydrogens is 213 g/mol. The van der Waals surface area contributed by atoms with Gasteiger partial charge in [-0.05, 0) is 49.1 Å². The van der Waals surface area contributed by atoms with Crippen LogP contribution in [-0.4, -0.2) is 12.6 Å². The van der Waals surface area contributed by atoms with Gasteiger partial charge in [-0.1, -0.05) is 24.6 Å². The second kappa shape index (κ2) is 4.41. The monoisotopic (exact) mass is 233 g/mol. The van der Waals surface area contributed by atoms with E-state index in [0.717, 1.165) is 24.6 Å². The van der Waals surface area contributed by atoms with Crippen molar-refractivity contribution in [3.63, 3.8) is 0 Å². The molecule has 17 heavy (non-hydrogen) atoms. The lowest BCUT2D eigenvalue weighted by Gasteiger charge is -2.42. The Hall–Kier alpha value is -0.890. The van der Waals surface area contributed by atoms with Gasteiger partial charge in [0, 0.05) is 12.6 Å². The molecule has 0 spiro atoms. The number of halogens is 1. The molecule has 2 aliphatic carbocycles. The summed E-state index contributed by atoms with van der Waals surface area (Å²) in [7, 11) is 0. The standard InChI is InChI=1S/C15H20FN/c16-14-5-2-1-4-12(14)10-15(8-3-9-15)11-17-13-6-7-13/h1-2,4-5,13,17H,3,6-11H2. The molecule has 0 amide bonds. The van der Waals surface area contributed by atoms with E-state index in [4.69, 9.17) is 0 Å². The molecule has 0 bridgehead atoms. The fourth-order valence-electron chi connectivity index (χ4n) is 2.79. The van der Waals surface area contributed by atoms with Gasteiger partial charge in [-0.15, -0.1) is 0 Å². The second-order valence-electron chi connectivity index (χ2n) is 5.78. The van der Waals surface area contributed by atoms with E-state index in [1.807, 2.05) is 12.1 Å². The first kappa shape index (κ1) is 11.2. The zero-order valence-electron chi connectivity index (χ0n) is 10.2. The average Bonchev–Trinajstić information content (AvgIpc) is 3.08. The summed E-state index contributed by atoms with van der Waals surface area (Å²) in [5.41, 5.74) is 1.23. The van der Waals surface area contributed by atoms with E-state index >= 15 is 0 Å². The minimum absolute atomic E-state index is 0.0369. The van der Waals surface area contributed by atoms with Gasteiger partial charge in [0.05, 0.1) is 0 Å². The van der Waals surface area contributed by atoms with E-state index in [0.29, 0.717) is 5.41 Å². The predicted molar refractivity (Wildman–Crippen MR) is 67.4 cm³/mol. The second-order valence-corrected chi connectivity index (χ2v) is 5.78. The van der Waals surface area contributed by atoms with Crippen molar-refractivity contribution in [1.82, 2.24) is 5.32 Å². The van der Waals surface area contributed by atoms with Crippen molar-refractivity contribution < 1.29 is 4.39 Å². The first-order valence-electron chi connectivity index (χ1n) is 6.74. The number of rotatable bonds is 5. The minimum Gasteiger partial charge on any atom is -0.313 e. The highest BCUT2D eigenvalue weighted by Gasteiger charge is 2.38. The lowest BCUT2D eigenvalue weighted by Crippen LogP contribution is -2.42. The van der Waals surface area contributed by atoms with Crippen LogP contribution in [-0.2, 0) is 6.42 Å². The van der Waals surface area contributed by atoms with Gasteiger partial charge in [-0.3, -0.25) is 0 Å². The SMILES string of the molecule is Fc1ccccc1CC1(CNC2CC2)CCC1. The zero-order valence-corrected chi connectivity index (χ0v) is 10.2. The van der Waals surface area contributed by atoms with Gasteiger partial charge < -0.3 is 5.32 Å². The van der Waals surface area contributed by atoms with Gasteiger partial charge in [-0.25, -0.2) is 4.39 Å². The molecule has 0 radical (unpaired) electrons. The molecule has 2 aliphatic rings. The third kappa shape index (κ3) is 2.52. The lowest BCUT2D eigenvalue weighted by molar-refractivity contribution is 0.128. The highest BCUT2D eigenvalue weighted by molar-refractivity contribution is 5.20. The van der Waals surface area contributed by atoms with Crippen molar-refractivity contribution >= 4 is 0 Å². The Balaban J connectivity index is 1.66. The van der Waals surface area contributed by atoms with Crippen LogP contribution in [0.3, 0.4) is 0 Å². The first-order chi connectivity index (χ1) is 8.27. The highest BCUT2D eigenvalue weighted by atomic mass is 19.1. The predicted octanol–water partition coefficient (Wildman–Crippen LogP) is 3.29. The van der Waals surface area contributed by atoms with Crippen LogP contribution in [0.4, 0.5) is 4.39 Å². The molecule has 92 valence electrons. The van der Waals surface area contributed by atoms with Crippen LogP contribution in [0.5, 0.6) is 0 Å². The van der Waals surface area contributed by atoms with Gasteiger partial charge >= 0.3 is 0 Å². The van der Waals surface area contributed by atoms with E-state index in [1.165, 1.54) is 32.1 Å². The van der Waals surface area contributed by atoms with E-state index in [-0.39, 0.29) is 5.82 Å². The quantitative estimate of drug-likeness (QED) is 0.823. The molecule has 2 heteroatoms. The molecular formula is C15H20FN. The van der Waals surface area contributed by atoms with Crippen molar-refractivity contribution in [1.29, 1.82) is 0 Å². The molecule has 2 fully saturated rings. The van der Waals surface area contributed by atoms with E-state index in [1.54, 1.807) is 12.1 Å². The molecule has 1 N–H and O–H groups in total. The Labute approximate surface area is 102 Å². The number of nitrogens with one attached hydrogen (secondary N) is 1. The molecule has 1 nitrogen and oxygen atoms in total. The average molecular weight is 233 g/mol. The maximum Gasteiger partial charge on any atom is 0.126 e. The largest absolute Gasteiger partial charge is 0.313 e. The fraction of sp³-hybridized carbons (Fsp3) is 0.600. The number of hydrogen-bond donors (Lipinski definition) is 1. The van der Waals surface area contributed by atoms with Gasteiger partial charge in [0.25, 0.3) is 0 Å². The van der Waals surface area contributed by atoms with Crippen molar-refractivity contribution in [3.05, 3.63) is 35.6 Å². The third-order valence-corrected chi connectivity index (χ3v) is 4.28. The van der Waals surface area contributed by atoms with E-state index < -0.39 is 0 Å². The van der Waals surface area contributed by atoms with Crippen LogP contribution in [0, 0.1) is 11.2 Å². The molecule has 0 aliphatic heterocycles. The first-order valence-corrected chi connectivity index (χ1v) is 6.74. The van der Waals surface area contributed by atoms with Gasteiger partial charge in [0.15, 0.2) is 0 Å². The molecule has 0 unspecified atom stereocenters. The van der Waals surface area contributed by atoms with Crippen LogP contribution in [0.25, 0.3) is 0 Å². The Morgan fingerprint density at radius 1 is 1.24 bits per heavy atom. The van der Waals surface area contributed by atoms with Crippen molar-refractivity contribution in [2.24, 2.45) is 5.41 Å². The van der Waals surface area contributed by atoms with Gasteiger partial charge in [0.2, 0.25) is 0 Å². The molecule has 1 aromatic rings. The summed E-state index contributed by atoms with van der Waals surface area (Å²) >= 11 is 0. The van der Waals surface area contributed by atoms with Crippen LogP contribution in [0.1, 0.15) is 37.7 Å². The van der Waals surface area contributed by atoms with Crippen LogP contribution in [0.15, 0.2) is 24.3 Å². The molecule has 0 aromatic heterocycles. The van der Waals surface area contributed by atoms with Crippen LogP contribution < -0.4 is 5.32 Å². The maximum atomic E-state index is 13.7. The molecule has 0 saturated heterocycles. The van der Waals surface area contributed by atoms with Gasteiger partial charge in [-0.2, -0.15) is 0 Å². The third-order valence-electron chi connectivity index (χ3n) is 4.28. The van der Waals surface area contributed by atoms with Gasteiger partial charge in [0.1, 0.15) is 5.82 Å². The van der Waals surface area contributed by atoms with Crippen LogP contribution >= 0.6 is 0 Å². The minimum atomic E-state index is -0.0369. The number of hydrogen-bond acceptors (Lipinski definition) is 1. The fourth-order valence-corrected chi connectivity index (χ4v) is 2.79. The normalized spacial score (nSPS) is 22.2. The molecule has 2 saturated carbocycles. The van der Waals surface area contributed by atoms with Crippen molar-refractivity contribution in [3.8, 4) is 0 Å². The summed E-state index contributed by atoms with van der Waals surface area (Å²) in [5, 5.41) is 3.62. The summed E-state index contributed by atoms with van der Waals surface area (Å²) in [5.74, 6) is -0.0369. The van der Waals surface area contributed by atoms with Crippen molar-refractivity contribution in [2.75, 3.05) is 6.54 Å². The Kier molecular flexibility index (Phi) is 2.91. The van der Waals surface area contributed by atoms with Crippen molar-refractivity contribution in [2.45, 2.75) is 44.6 Å². The highest BCUT2D eigenvalue weighted by Crippen LogP contribution is 2.44. The summed E-state index contributed by atoms with van der Waals surface area (Å²) in [4.78, 5) is 0. The van der Waals surface area contributed by atoms with E-state index in [9.17, 15) is 4.39 Å². The zero-order chi connectivity index (χ0) is 11.7. The van der Waals surface area contributed by atoms with Crippen LogP contribution in [0.2, 0.25) is 0 Å². The molecule has 3 rings (SSSR count). The Morgan fingerprint density at radius 2 is 2.00 bits per heavy atom. The molecule has 1 aromatic carbocycles. The lowest BCUT2D eigenvalue weighted by atomic mass is 9.65. The Morgan fingerprint density at radius 3 is 2.59 bits per heavy atom.